The van der Waals surface area contributed by atoms with Crippen LogP contribution in [0.1, 0.15) is 32.0 Å². The van der Waals surface area contributed by atoms with Gasteiger partial charge in [-0.2, -0.15) is 0 Å². The highest BCUT2D eigenvalue weighted by Gasteiger charge is 2.06. The molecule has 0 amide bonds. The van der Waals surface area contributed by atoms with Crippen LogP contribution in [-0.4, -0.2) is 33.6 Å². The summed E-state index contributed by atoms with van der Waals surface area (Å²) >= 11 is 1.79. The second-order valence-electron chi connectivity index (χ2n) is 3.97. The molecule has 0 aliphatic heterocycles. The number of hydrogen-bond acceptors (Lipinski definition) is 4. The first kappa shape index (κ1) is 13.5. The van der Waals surface area contributed by atoms with Crippen LogP contribution in [0.3, 0.4) is 0 Å². The molecule has 0 radical (unpaired) electrons. The Labute approximate surface area is 102 Å². The lowest BCUT2D eigenvalue weighted by molar-refractivity contribution is 0.504. The summed E-state index contributed by atoms with van der Waals surface area (Å²) in [6.45, 7) is 4.20. The summed E-state index contributed by atoms with van der Waals surface area (Å²) in [5.41, 5.74) is 0. The van der Waals surface area contributed by atoms with E-state index in [1.54, 1.807) is 11.8 Å². The van der Waals surface area contributed by atoms with Gasteiger partial charge in [0.2, 0.25) is 0 Å². The van der Waals surface area contributed by atoms with Crippen LogP contribution < -0.4 is 5.32 Å². The monoisotopic (exact) mass is 242 g/mol. The van der Waals surface area contributed by atoms with E-state index >= 15 is 0 Å². The van der Waals surface area contributed by atoms with Gasteiger partial charge in [-0.1, -0.05) is 18.7 Å². The molecule has 16 heavy (non-hydrogen) atoms. The van der Waals surface area contributed by atoms with Gasteiger partial charge in [0.15, 0.2) is 5.16 Å². The van der Waals surface area contributed by atoms with Gasteiger partial charge in [0.25, 0.3) is 0 Å². The number of aryl methyl sites for hydroxylation is 1. The number of nitrogens with zero attached hydrogens (tertiary/aromatic N) is 3. The van der Waals surface area contributed by atoms with Crippen molar-refractivity contribution in [2.75, 3.05) is 12.8 Å². The Hall–Kier alpha value is -0.550. The summed E-state index contributed by atoms with van der Waals surface area (Å²) < 4.78 is 2.04. The highest BCUT2D eigenvalue weighted by Crippen LogP contribution is 2.17. The van der Waals surface area contributed by atoms with Crippen molar-refractivity contribution in [3.8, 4) is 0 Å². The zero-order valence-corrected chi connectivity index (χ0v) is 11.5. The Kier molecular flexibility index (Phi) is 5.84. The zero-order chi connectivity index (χ0) is 12.0. The summed E-state index contributed by atoms with van der Waals surface area (Å²) in [6, 6.07) is 0.654. The van der Waals surface area contributed by atoms with Crippen LogP contribution >= 0.6 is 11.8 Å². The second kappa shape index (κ2) is 6.91. The van der Waals surface area contributed by atoms with Crippen LogP contribution in [0, 0.1) is 6.92 Å². The molecule has 1 unspecified atom stereocenters. The van der Waals surface area contributed by atoms with E-state index in [9.17, 15) is 0 Å². The molecular formula is C11H22N4S. The minimum absolute atomic E-state index is 0.654. The first-order chi connectivity index (χ1) is 7.69. The molecule has 1 atom stereocenters. The van der Waals surface area contributed by atoms with Gasteiger partial charge >= 0.3 is 0 Å². The molecule has 4 nitrogen and oxygen atoms in total. The predicted octanol–water partition coefficient (Wildman–Crippen LogP) is 1.99. The molecule has 1 N–H and O–H groups in total. The third-order valence-electron chi connectivity index (χ3n) is 2.88. The fourth-order valence-electron chi connectivity index (χ4n) is 1.56. The van der Waals surface area contributed by atoms with Crippen molar-refractivity contribution in [3.63, 3.8) is 0 Å². The lowest BCUT2D eigenvalue weighted by Gasteiger charge is -2.12. The van der Waals surface area contributed by atoms with Crippen molar-refractivity contribution in [1.82, 2.24) is 20.1 Å². The van der Waals surface area contributed by atoms with Crippen LogP contribution in [0.15, 0.2) is 5.16 Å². The normalized spacial score (nSPS) is 13.0. The van der Waals surface area contributed by atoms with E-state index in [4.69, 9.17) is 0 Å². The minimum atomic E-state index is 0.654. The maximum atomic E-state index is 4.13. The average molecular weight is 242 g/mol. The van der Waals surface area contributed by atoms with Crippen molar-refractivity contribution in [1.29, 1.82) is 0 Å². The number of aromatic nitrogens is 3. The van der Waals surface area contributed by atoms with Gasteiger partial charge in [0.05, 0.1) is 0 Å². The van der Waals surface area contributed by atoms with E-state index in [1.807, 2.05) is 25.6 Å². The Balaban J connectivity index is 2.23. The number of nitrogens with one attached hydrogen (secondary N) is 1. The van der Waals surface area contributed by atoms with Gasteiger partial charge in [-0.15, -0.1) is 10.2 Å². The van der Waals surface area contributed by atoms with Crippen molar-refractivity contribution in [2.45, 2.75) is 44.3 Å². The topological polar surface area (TPSA) is 42.7 Å². The first-order valence-corrected chi connectivity index (χ1v) is 6.83. The van der Waals surface area contributed by atoms with E-state index in [2.05, 4.69) is 22.4 Å². The molecule has 0 saturated carbocycles. The molecule has 0 bridgehead atoms. The largest absolute Gasteiger partial charge is 0.317 e. The summed E-state index contributed by atoms with van der Waals surface area (Å²) in [6.07, 6.45) is 3.65. The summed E-state index contributed by atoms with van der Waals surface area (Å²) in [5.74, 6) is 2.09. The van der Waals surface area contributed by atoms with Crippen LogP contribution in [-0.2, 0) is 7.05 Å². The van der Waals surface area contributed by atoms with E-state index in [0.717, 1.165) is 16.7 Å². The van der Waals surface area contributed by atoms with Gasteiger partial charge < -0.3 is 9.88 Å². The van der Waals surface area contributed by atoms with Gasteiger partial charge in [-0.05, 0) is 33.2 Å². The lowest BCUT2D eigenvalue weighted by Crippen LogP contribution is -2.23. The van der Waals surface area contributed by atoms with Gasteiger partial charge in [-0.3, -0.25) is 0 Å². The fourth-order valence-corrected chi connectivity index (χ4v) is 2.48. The molecule has 0 fully saturated rings. The Morgan fingerprint density at radius 2 is 2.19 bits per heavy atom. The molecule has 0 aliphatic rings. The van der Waals surface area contributed by atoms with Gasteiger partial charge in [-0.25, -0.2) is 0 Å². The quantitative estimate of drug-likeness (QED) is 0.586. The van der Waals surface area contributed by atoms with Crippen LogP contribution in [0.5, 0.6) is 0 Å². The maximum absolute atomic E-state index is 4.13. The van der Waals surface area contributed by atoms with Crippen molar-refractivity contribution < 1.29 is 0 Å². The van der Waals surface area contributed by atoms with Crippen LogP contribution in [0.2, 0.25) is 0 Å². The summed E-state index contributed by atoms with van der Waals surface area (Å²) in [4.78, 5) is 0. The molecule has 0 saturated heterocycles. The molecule has 1 aromatic heterocycles. The maximum Gasteiger partial charge on any atom is 0.190 e. The van der Waals surface area contributed by atoms with Crippen molar-refractivity contribution in [2.24, 2.45) is 7.05 Å². The second-order valence-corrected chi connectivity index (χ2v) is 5.04. The molecule has 0 spiro atoms. The van der Waals surface area contributed by atoms with Crippen LogP contribution in [0.4, 0.5) is 0 Å². The molecule has 1 heterocycles. The van der Waals surface area contributed by atoms with E-state index in [0.29, 0.717) is 6.04 Å². The standard InChI is InChI=1S/C11H22N4S/c1-5-10(12-3)7-6-8-16-11-14-13-9(2)15(11)4/h10,12H,5-8H2,1-4H3. The van der Waals surface area contributed by atoms with E-state index < -0.39 is 0 Å². The molecule has 92 valence electrons. The first-order valence-electron chi connectivity index (χ1n) is 5.85. The minimum Gasteiger partial charge on any atom is -0.317 e. The Morgan fingerprint density at radius 3 is 2.69 bits per heavy atom. The predicted molar refractivity (Wildman–Crippen MR) is 68.8 cm³/mol. The zero-order valence-electron chi connectivity index (χ0n) is 10.7. The van der Waals surface area contributed by atoms with E-state index in [-0.39, 0.29) is 0 Å². The highest BCUT2D eigenvalue weighted by atomic mass is 32.2. The number of rotatable bonds is 7. The molecular weight excluding hydrogens is 220 g/mol. The van der Waals surface area contributed by atoms with Crippen molar-refractivity contribution in [3.05, 3.63) is 5.82 Å². The van der Waals surface area contributed by atoms with E-state index in [1.165, 1.54) is 19.3 Å². The molecule has 0 aromatic carbocycles. The summed E-state index contributed by atoms with van der Waals surface area (Å²) in [5, 5.41) is 12.5. The van der Waals surface area contributed by atoms with Crippen LogP contribution in [0.25, 0.3) is 0 Å². The number of thioether (sulfide) groups is 1. The molecule has 1 aromatic rings. The summed E-state index contributed by atoms with van der Waals surface area (Å²) in [7, 11) is 4.05. The Morgan fingerprint density at radius 1 is 1.44 bits per heavy atom. The fraction of sp³-hybridized carbons (Fsp3) is 0.818. The van der Waals surface area contributed by atoms with Gasteiger partial charge in [0.1, 0.15) is 5.82 Å². The molecule has 1 rings (SSSR count). The third-order valence-corrected chi connectivity index (χ3v) is 3.99. The molecule has 5 heteroatoms. The average Bonchev–Trinajstić information content (AvgIpc) is 2.61. The number of hydrogen-bond donors (Lipinski definition) is 1. The third kappa shape index (κ3) is 3.79. The van der Waals surface area contributed by atoms with Crippen molar-refractivity contribution >= 4 is 11.8 Å². The SMILES string of the molecule is CCC(CCCSc1nnc(C)n1C)NC. The molecule has 0 aliphatic carbocycles. The lowest BCUT2D eigenvalue weighted by atomic mass is 10.1. The smallest absolute Gasteiger partial charge is 0.190 e. The highest BCUT2D eigenvalue weighted by molar-refractivity contribution is 7.99. The Bertz CT molecular complexity index is 307. The van der Waals surface area contributed by atoms with Gasteiger partial charge in [0, 0.05) is 18.8 Å².